The number of halogens is 2. The van der Waals surface area contributed by atoms with Crippen molar-refractivity contribution in [2.45, 2.75) is 18.2 Å². The van der Waals surface area contributed by atoms with Crippen LogP contribution in [-0.2, 0) is 14.8 Å². The minimum absolute atomic E-state index is 0.00934. The van der Waals surface area contributed by atoms with Crippen LogP contribution in [0.25, 0.3) is 0 Å². The number of nitrogens with zero attached hydrogens (tertiary/aromatic N) is 1. The molecule has 1 heterocycles. The largest absolute Gasteiger partial charge is 0.495 e. The number of hydrogen-bond acceptors (Lipinski definition) is 4. The van der Waals surface area contributed by atoms with E-state index in [1.807, 2.05) is 6.92 Å². The zero-order chi connectivity index (χ0) is 17.4. The van der Waals surface area contributed by atoms with Crippen molar-refractivity contribution in [3.63, 3.8) is 0 Å². The fraction of sp³-hybridized carbons (Fsp3) is 0.500. The molecule has 9 heteroatoms. The van der Waals surface area contributed by atoms with E-state index < -0.39 is 21.9 Å². The maximum absolute atomic E-state index is 12.8. The van der Waals surface area contributed by atoms with E-state index in [9.17, 15) is 18.3 Å². The SMILES string of the molecule is COc1ccc(S(=O)(=O)N2CC(C)CC(C(=O)O)C2)c(Cl)c1Cl. The van der Waals surface area contributed by atoms with Crippen molar-refractivity contribution in [2.24, 2.45) is 11.8 Å². The average molecular weight is 382 g/mol. The van der Waals surface area contributed by atoms with Gasteiger partial charge in [-0.2, -0.15) is 4.31 Å². The Bertz CT molecular complexity index is 722. The number of ether oxygens (including phenoxy) is 1. The summed E-state index contributed by atoms with van der Waals surface area (Å²) in [6, 6.07) is 2.74. The lowest BCUT2D eigenvalue weighted by molar-refractivity contribution is -0.143. The van der Waals surface area contributed by atoms with Crippen LogP contribution < -0.4 is 4.74 Å². The number of benzene rings is 1. The van der Waals surface area contributed by atoms with Crippen molar-refractivity contribution >= 4 is 39.2 Å². The number of carbonyl (C=O) groups is 1. The summed E-state index contributed by atoms with van der Waals surface area (Å²) in [4.78, 5) is 11.1. The van der Waals surface area contributed by atoms with Crippen molar-refractivity contribution < 1.29 is 23.1 Å². The summed E-state index contributed by atoms with van der Waals surface area (Å²) in [6.07, 6.45) is 0.443. The Kier molecular flexibility index (Phi) is 5.45. The Morgan fingerprint density at radius 2 is 1.96 bits per heavy atom. The number of rotatable bonds is 4. The molecule has 0 aliphatic carbocycles. The predicted octanol–water partition coefficient (Wildman–Crippen LogP) is 2.73. The first kappa shape index (κ1) is 18.3. The molecule has 2 unspecified atom stereocenters. The highest BCUT2D eigenvalue weighted by Crippen LogP contribution is 2.38. The van der Waals surface area contributed by atoms with Crippen LogP contribution in [0.5, 0.6) is 5.75 Å². The Labute approximate surface area is 145 Å². The molecule has 6 nitrogen and oxygen atoms in total. The van der Waals surface area contributed by atoms with Crippen LogP contribution >= 0.6 is 23.2 Å². The quantitative estimate of drug-likeness (QED) is 0.866. The molecule has 2 atom stereocenters. The van der Waals surface area contributed by atoms with Gasteiger partial charge in [-0.1, -0.05) is 30.1 Å². The minimum Gasteiger partial charge on any atom is -0.495 e. The van der Waals surface area contributed by atoms with Crippen molar-refractivity contribution in [1.82, 2.24) is 4.31 Å². The molecule has 1 saturated heterocycles. The summed E-state index contributed by atoms with van der Waals surface area (Å²) in [5, 5.41) is 9.07. The second-order valence-electron chi connectivity index (χ2n) is 5.59. The lowest BCUT2D eigenvalue weighted by Gasteiger charge is -2.34. The van der Waals surface area contributed by atoms with Gasteiger partial charge in [-0.25, -0.2) is 8.42 Å². The molecular formula is C14H17Cl2NO5S. The fourth-order valence-corrected chi connectivity index (χ4v) is 5.11. The van der Waals surface area contributed by atoms with E-state index in [2.05, 4.69) is 0 Å². The highest BCUT2D eigenvalue weighted by molar-refractivity contribution is 7.89. The Balaban J connectivity index is 2.42. The van der Waals surface area contributed by atoms with Gasteiger partial charge in [-0.15, -0.1) is 0 Å². The first-order chi connectivity index (χ1) is 10.7. The fourth-order valence-electron chi connectivity index (χ4n) is 2.69. The van der Waals surface area contributed by atoms with Gasteiger partial charge in [0.25, 0.3) is 0 Å². The standard InChI is InChI=1S/C14H17Cl2NO5S/c1-8-5-9(14(18)19)7-17(6-8)23(20,21)11-4-3-10(22-2)12(15)13(11)16/h3-4,8-9H,5-7H2,1-2H3,(H,18,19). The van der Waals surface area contributed by atoms with Crippen LogP contribution in [0.4, 0.5) is 0 Å². The molecule has 1 fully saturated rings. The molecule has 0 aromatic heterocycles. The Hall–Kier alpha value is -1.02. The summed E-state index contributed by atoms with van der Waals surface area (Å²) < 4.78 is 31.8. The predicted molar refractivity (Wildman–Crippen MR) is 86.7 cm³/mol. The second kappa shape index (κ2) is 6.84. The van der Waals surface area contributed by atoms with Gasteiger partial charge < -0.3 is 9.84 Å². The van der Waals surface area contributed by atoms with Crippen LogP contribution in [0.1, 0.15) is 13.3 Å². The number of methoxy groups -OCH3 is 1. The van der Waals surface area contributed by atoms with Gasteiger partial charge in [0.15, 0.2) is 0 Å². The lowest BCUT2D eigenvalue weighted by Crippen LogP contribution is -2.45. The summed E-state index contributed by atoms with van der Waals surface area (Å²) in [7, 11) is -2.54. The maximum Gasteiger partial charge on any atom is 0.307 e. The zero-order valence-corrected chi connectivity index (χ0v) is 15.0. The van der Waals surface area contributed by atoms with E-state index in [1.165, 1.54) is 19.2 Å². The lowest BCUT2D eigenvalue weighted by atomic mass is 9.92. The first-order valence-corrected chi connectivity index (χ1v) is 9.13. The molecule has 1 aliphatic heterocycles. The summed E-state index contributed by atoms with van der Waals surface area (Å²) in [6.45, 7) is 1.98. The maximum atomic E-state index is 12.8. The van der Waals surface area contributed by atoms with E-state index in [0.29, 0.717) is 6.42 Å². The first-order valence-electron chi connectivity index (χ1n) is 6.93. The third kappa shape index (κ3) is 3.57. The molecule has 1 aromatic carbocycles. The molecule has 23 heavy (non-hydrogen) atoms. The molecule has 0 saturated carbocycles. The topological polar surface area (TPSA) is 83.9 Å². The second-order valence-corrected chi connectivity index (χ2v) is 8.25. The van der Waals surface area contributed by atoms with Gasteiger partial charge in [0.2, 0.25) is 10.0 Å². The van der Waals surface area contributed by atoms with Gasteiger partial charge in [0, 0.05) is 13.1 Å². The number of carboxylic acid groups (broad SMARTS) is 1. The van der Waals surface area contributed by atoms with Crippen LogP contribution in [0.3, 0.4) is 0 Å². The molecule has 128 valence electrons. The molecule has 0 radical (unpaired) electrons. The molecule has 0 bridgehead atoms. The number of aliphatic carboxylic acids is 1. The van der Waals surface area contributed by atoms with Gasteiger partial charge in [0.1, 0.15) is 15.7 Å². The third-order valence-electron chi connectivity index (χ3n) is 3.82. The molecule has 1 aromatic rings. The number of hydrogen-bond donors (Lipinski definition) is 1. The van der Waals surface area contributed by atoms with Crippen LogP contribution in [0.2, 0.25) is 10.0 Å². The van der Waals surface area contributed by atoms with Crippen LogP contribution in [0, 0.1) is 11.8 Å². The summed E-state index contributed by atoms with van der Waals surface area (Å²) in [5.74, 6) is -1.53. The molecule has 1 aliphatic rings. The molecule has 0 amide bonds. The molecule has 2 rings (SSSR count). The van der Waals surface area contributed by atoms with Crippen LogP contribution in [-0.4, -0.2) is 44.0 Å². The normalized spacial score (nSPS) is 22.8. The Morgan fingerprint density at radius 3 is 2.52 bits per heavy atom. The van der Waals surface area contributed by atoms with Crippen molar-refractivity contribution in [3.05, 3.63) is 22.2 Å². The molecule has 0 spiro atoms. The molecular weight excluding hydrogens is 365 g/mol. The summed E-state index contributed by atoms with van der Waals surface area (Å²) >= 11 is 12.1. The van der Waals surface area contributed by atoms with Crippen molar-refractivity contribution in [2.75, 3.05) is 20.2 Å². The van der Waals surface area contributed by atoms with Crippen molar-refractivity contribution in [1.29, 1.82) is 0 Å². The highest BCUT2D eigenvalue weighted by Gasteiger charge is 2.37. The van der Waals surface area contributed by atoms with Gasteiger partial charge in [-0.3, -0.25) is 4.79 Å². The summed E-state index contributed by atoms with van der Waals surface area (Å²) in [5.41, 5.74) is 0. The van der Waals surface area contributed by atoms with E-state index in [-0.39, 0.29) is 39.7 Å². The van der Waals surface area contributed by atoms with Gasteiger partial charge >= 0.3 is 5.97 Å². The third-order valence-corrected chi connectivity index (χ3v) is 6.68. The number of piperidine rings is 1. The van der Waals surface area contributed by atoms with Gasteiger partial charge in [0.05, 0.1) is 18.1 Å². The minimum atomic E-state index is -3.94. The highest BCUT2D eigenvalue weighted by atomic mass is 35.5. The zero-order valence-electron chi connectivity index (χ0n) is 12.6. The van der Waals surface area contributed by atoms with E-state index in [1.54, 1.807) is 0 Å². The smallest absolute Gasteiger partial charge is 0.307 e. The Morgan fingerprint density at radius 1 is 1.30 bits per heavy atom. The van der Waals surface area contributed by atoms with E-state index in [4.69, 9.17) is 27.9 Å². The molecule has 1 N–H and O–H groups in total. The average Bonchev–Trinajstić information content (AvgIpc) is 2.49. The number of carboxylic acids is 1. The monoisotopic (exact) mass is 381 g/mol. The van der Waals surface area contributed by atoms with E-state index >= 15 is 0 Å². The number of sulfonamides is 1. The van der Waals surface area contributed by atoms with Crippen LogP contribution in [0.15, 0.2) is 17.0 Å². The van der Waals surface area contributed by atoms with Crippen molar-refractivity contribution in [3.8, 4) is 5.75 Å². The van der Waals surface area contributed by atoms with E-state index in [0.717, 1.165) is 4.31 Å². The van der Waals surface area contributed by atoms with Gasteiger partial charge in [-0.05, 0) is 24.5 Å².